The van der Waals surface area contributed by atoms with Crippen molar-refractivity contribution in [3.8, 4) is 11.4 Å². The summed E-state index contributed by atoms with van der Waals surface area (Å²) in [5.41, 5.74) is 2.50. The molecule has 0 N–H and O–H groups in total. The summed E-state index contributed by atoms with van der Waals surface area (Å²) in [6.07, 6.45) is 4.29. The monoisotopic (exact) mass is 392 g/mol. The molecule has 3 heterocycles. The highest BCUT2D eigenvalue weighted by atomic mass is 32.2. The summed E-state index contributed by atoms with van der Waals surface area (Å²) in [5.74, 6) is 0.562. The minimum atomic E-state index is -3.53. The standard InChI is InChI=1S/C18H28N6O2S/c1-13(2)24-16(9-10-19-24)15-12-14(3)20-18(21-15)17-8-6-7-11-23(17)27(25,26)22(4)5/h9-10,12-13,17H,6-8,11H2,1-5H3. The molecule has 0 radical (unpaired) electrons. The highest BCUT2D eigenvalue weighted by Gasteiger charge is 2.36. The van der Waals surface area contributed by atoms with E-state index in [0.29, 0.717) is 12.4 Å². The van der Waals surface area contributed by atoms with E-state index < -0.39 is 10.2 Å². The van der Waals surface area contributed by atoms with Gasteiger partial charge in [-0.1, -0.05) is 6.42 Å². The molecule has 1 aliphatic rings. The molecule has 1 aliphatic heterocycles. The van der Waals surface area contributed by atoms with Crippen LogP contribution in [0.3, 0.4) is 0 Å². The zero-order valence-corrected chi connectivity index (χ0v) is 17.4. The average Bonchev–Trinajstić information content (AvgIpc) is 3.11. The van der Waals surface area contributed by atoms with Crippen molar-refractivity contribution in [1.82, 2.24) is 28.4 Å². The number of rotatable bonds is 5. The van der Waals surface area contributed by atoms with Crippen molar-refractivity contribution in [3.63, 3.8) is 0 Å². The van der Waals surface area contributed by atoms with E-state index in [1.165, 1.54) is 8.61 Å². The quantitative estimate of drug-likeness (QED) is 0.781. The van der Waals surface area contributed by atoms with Gasteiger partial charge in [0, 0.05) is 38.6 Å². The van der Waals surface area contributed by atoms with Crippen molar-refractivity contribution in [2.45, 2.75) is 52.1 Å². The summed E-state index contributed by atoms with van der Waals surface area (Å²) < 4.78 is 30.3. The van der Waals surface area contributed by atoms with Gasteiger partial charge in [-0.25, -0.2) is 9.97 Å². The maximum atomic E-state index is 12.8. The van der Waals surface area contributed by atoms with Crippen molar-refractivity contribution < 1.29 is 8.42 Å². The Labute approximate surface area is 161 Å². The molecule has 0 aliphatic carbocycles. The van der Waals surface area contributed by atoms with Crippen LogP contribution < -0.4 is 0 Å². The van der Waals surface area contributed by atoms with Crippen LogP contribution in [0.4, 0.5) is 0 Å². The van der Waals surface area contributed by atoms with E-state index in [1.807, 2.05) is 23.7 Å². The minimum absolute atomic E-state index is 0.203. The first-order chi connectivity index (χ1) is 12.7. The predicted molar refractivity (Wildman–Crippen MR) is 104 cm³/mol. The lowest BCUT2D eigenvalue weighted by Gasteiger charge is -2.35. The number of hydrogen-bond acceptors (Lipinski definition) is 5. The van der Waals surface area contributed by atoms with Gasteiger partial charge in [0.05, 0.1) is 17.4 Å². The molecule has 3 rings (SSSR count). The molecule has 1 atom stereocenters. The third-order valence-corrected chi connectivity index (χ3v) is 6.76. The normalized spacial score (nSPS) is 19.1. The lowest BCUT2D eigenvalue weighted by atomic mass is 10.0. The highest BCUT2D eigenvalue weighted by Crippen LogP contribution is 2.33. The molecular weight excluding hydrogens is 364 g/mol. The van der Waals surface area contributed by atoms with Crippen LogP contribution in [0.1, 0.15) is 56.7 Å². The van der Waals surface area contributed by atoms with E-state index >= 15 is 0 Å². The Morgan fingerprint density at radius 3 is 2.63 bits per heavy atom. The number of nitrogens with zero attached hydrogens (tertiary/aromatic N) is 6. The van der Waals surface area contributed by atoms with Gasteiger partial charge in [-0.2, -0.15) is 22.1 Å². The molecule has 8 nitrogen and oxygen atoms in total. The second-order valence-corrected chi connectivity index (χ2v) is 9.51. The number of hydrogen-bond donors (Lipinski definition) is 0. The highest BCUT2D eigenvalue weighted by molar-refractivity contribution is 7.86. The molecule has 1 fully saturated rings. The van der Waals surface area contributed by atoms with Crippen LogP contribution in [-0.2, 0) is 10.2 Å². The van der Waals surface area contributed by atoms with Gasteiger partial charge in [-0.05, 0) is 45.7 Å². The zero-order chi connectivity index (χ0) is 19.8. The summed E-state index contributed by atoms with van der Waals surface area (Å²) in [7, 11) is -0.409. The molecule has 2 aromatic heterocycles. The fraction of sp³-hybridized carbons (Fsp3) is 0.611. The van der Waals surface area contributed by atoms with Crippen LogP contribution in [0.25, 0.3) is 11.4 Å². The van der Waals surface area contributed by atoms with Gasteiger partial charge in [0.2, 0.25) is 0 Å². The summed E-state index contributed by atoms with van der Waals surface area (Å²) in [6.45, 7) is 6.54. The van der Waals surface area contributed by atoms with E-state index in [-0.39, 0.29) is 12.1 Å². The molecule has 0 spiro atoms. The molecule has 1 saturated heterocycles. The third-order valence-electron chi connectivity index (χ3n) is 4.80. The van der Waals surface area contributed by atoms with Gasteiger partial charge in [0.25, 0.3) is 10.2 Å². The van der Waals surface area contributed by atoms with Gasteiger partial charge < -0.3 is 0 Å². The van der Waals surface area contributed by atoms with Gasteiger partial charge >= 0.3 is 0 Å². The second-order valence-electron chi connectivity index (χ2n) is 7.42. The fourth-order valence-corrected chi connectivity index (χ4v) is 4.75. The van der Waals surface area contributed by atoms with E-state index in [1.54, 1.807) is 20.3 Å². The first-order valence-corrected chi connectivity index (χ1v) is 10.7. The molecule has 2 aromatic rings. The van der Waals surface area contributed by atoms with Crippen molar-refractivity contribution in [1.29, 1.82) is 0 Å². The van der Waals surface area contributed by atoms with Gasteiger partial charge in [0.1, 0.15) is 5.82 Å². The lowest BCUT2D eigenvalue weighted by Crippen LogP contribution is -2.45. The van der Waals surface area contributed by atoms with E-state index in [9.17, 15) is 8.42 Å². The molecule has 1 unspecified atom stereocenters. The molecule has 148 valence electrons. The number of aryl methyl sites for hydroxylation is 1. The summed E-state index contributed by atoms with van der Waals surface area (Å²) in [6, 6.07) is 3.71. The van der Waals surface area contributed by atoms with Crippen LogP contribution in [0.5, 0.6) is 0 Å². The Hall–Kier alpha value is -1.84. The smallest absolute Gasteiger partial charge is 0.261 e. The van der Waals surface area contributed by atoms with E-state index in [4.69, 9.17) is 4.98 Å². The molecule has 0 amide bonds. The SMILES string of the molecule is Cc1cc(-c2ccnn2C(C)C)nc(C2CCCCN2S(=O)(=O)N(C)C)n1. The third kappa shape index (κ3) is 3.90. The van der Waals surface area contributed by atoms with Crippen LogP contribution in [0, 0.1) is 6.92 Å². The van der Waals surface area contributed by atoms with Gasteiger partial charge in [0.15, 0.2) is 0 Å². The predicted octanol–water partition coefficient (Wildman–Crippen LogP) is 2.56. The number of aromatic nitrogens is 4. The van der Waals surface area contributed by atoms with Gasteiger partial charge in [-0.3, -0.25) is 4.68 Å². The van der Waals surface area contributed by atoms with Crippen LogP contribution in [-0.4, -0.2) is 57.4 Å². The molecular formula is C18H28N6O2S. The largest absolute Gasteiger partial charge is 0.282 e. The Morgan fingerprint density at radius 2 is 1.96 bits per heavy atom. The van der Waals surface area contributed by atoms with E-state index in [0.717, 1.165) is 36.3 Å². The maximum Gasteiger partial charge on any atom is 0.282 e. The van der Waals surface area contributed by atoms with Crippen molar-refractivity contribution in [3.05, 3.63) is 29.8 Å². The van der Waals surface area contributed by atoms with Crippen LogP contribution in [0.15, 0.2) is 18.3 Å². The zero-order valence-electron chi connectivity index (χ0n) is 16.6. The Kier molecular flexibility index (Phi) is 5.64. The average molecular weight is 393 g/mol. The molecule has 0 bridgehead atoms. The van der Waals surface area contributed by atoms with Crippen LogP contribution >= 0.6 is 0 Å². The Morgan fingerprint density at radius 1 is 1.22 bits per heavy atom. The topological polar surface area (TPSA) is 84.2 Å². The molecule has 27 heavy (non-hydrogen) atoms. The van der Waals surface area contributed by atoms with Crippen molar-refractivity contribution in [2.24, 2.45) is 0 Å². The minimum Gasteiger partial charge on any atom is -0.261 e. The Bertz CT molecular complexity index is 906. The van der Waals surface area contributed by atoms with Crippen LogP contribution in [0.2, 0.25) is 0 Å². The summed E-state index contributed by atoms with van der Waals surface area (Å²) >= 11 is 0. The van der Waals surface area contributed by atoms with Crippen molar-refractivity contribution in [2.75, 3.05) is 20.6 Å². The first kappa shape index (κ1) is 19.9. The first-order valence-electron chi connectivity index (χ1n) is 9.30. The Balaban J connectivity index is 2.06. The molecule has 9 heteroatoms. The van der Waals surface area contributed by atoms with E-state index in [2.05, 4.69) is 23.9 Å². The second kappa shape index (κ2) is 7.65. The molecule has 0 saturated carbocycles. The summed E-state index contributed by atoms with van der Waals surface area (Å²) in [5, 5.41) is 4.38. The maximum absolute atomic E-state index is 12.8. The van der Waals surface area contributed by atoms with Crippen molar-refractivity contribution >= 4 is 10.2 Å². The fourth-order valence-electron chi connectivity index (χ4n) is 3.45. The summed E-state index contributed by atoms with van der Waals surface area (Å²) in [4.78, 5) is 9.37. The molecule has 0 aromatic carbocycles. The lowest BCUT2D eigenvalue weighted by molar-refractivity contribution is 0.234. The number of piperidine rings is 1. The van der Waals surface area contributed by atoms with Gasteiger partial charge in [-0.15, -0.1) is 0 Å².